The van der Waals surface area contributed by atoms with Crippen molar-refractivity contribution >= 4 is 6.09 Å². The molecule has 0 bridgehead atoms. The highest BCUT2D eigenvalue weighted by molar-refractivity contribution is 5.67. The molecule has 1 aromatic heterocycles. The van der Waals surface area contributed by atoms with Gasteiger partial charge in [-0.05, 0) is 19.1 Å². The van der Waals surface area contributed by atoms with E-state index >= 15 is 0 Å². The number of nitrogens with zero attached hydrogens (tertiary/aromatic N) is 1. The molecular weight excluding hydrogens is 286 g/mol. The smallest absolute Gasteiger partial charge is 0.407 e. The second-order valence-electron chi connectivity index (χ2n) is 5.38. The number of nitrogens with one attached hydrogen (secondary N) is 2. The van der Waals surface area contributed by atoms with E-state index in [0.717, 1.165) is 5.69 Å². The first kappa shape index (κ1) is 15.2. The van der Waals surface area contributed by atoms with Crippen LogP contribution in [0.2, 0.25) is 0 Å². The zero-order valence-electron chi connectivity index (χ0n) is 12.5. The van der Waals surface area contributed by atoms with E-state index in [9.17, 15) is 4.79 Å². The number of pyridine rings is 1. The standard InChI is InChI=1S/C15H21N3O4/c1-2-16-15(19)22-12-9-21-13-11(8-20-14(12)13)18-7-10-5-3-4-6-17-10/h3-6,11-14,18H,2,7-9H2,1H3,(H,16,19). The first-order valence-electron chi connectivity index (χ1n) is 7.59. The van der Waals surface area contributed by atoms with Crippen LogP contribution >= 0.6 is 0 Å². The maximum Gasteiger partial charge on any atom is 0.407 e. The molecule has 4 unspecified atom stereocenters. The van der Waals surface area contributed by atoms with Crippen molar-refractivity contribution in [3.63, 3.8) is 0 Å². The molecule has 3 heterocycles. The average Bonchev–Trinajstić information content (AvgIpc) is 3.10. The monoisotopic (exact) mass is 307 g/mol. The molecule has 22 heavy (non-hydrogen) atoms. The van der Waals surface area contributed by atoms with Gasteiger partial charge in [0.15, 0.2) is 6.10 Å². The topological polar surface area (TPSA) is 81.7 Å². The van der Waals surface area contributed by atoms with E-state index in [0.29, 0.717) is 26.3 Å². The van der Waals surface area contributed by atoms with Crippen molar-refractivity contribution in [3.8, 4) is 0 Å². The highest BCUT2D eigenvalue weighted by Gasteiger charge is 2.49. The summed E-state index contributed by atoms with van der Waals surface area (Å²) < 4.78 is 16.8. The predicted octanol–water partition coefficient (Wildman–Crippen LogP) is 0.452. The third-order valence-corrected chi connectivity index (χ3v) is 3.86. The summed E-state index contributed by atoms with van der Waals surface area (Å²) in [6.45, 7) is 3.95. The molecular formula is C15H21N3O4. The number of carbonyl (C=O) groups excluding carboxylic acids is 1. The third-order valence-electron chi connectivity index (χ3n) is 3.86. The first-order valence-corrected chi connectivity index (χ1v) is 7.59. The molecule has 0 saturated carbocycles. The molecule has 3 rings (SSSR count). The highest BCUT2D eigenvalue weighted by atomic mass is 16.6. The van der Waals surface area contributed by atoms with E-state index in [1.54, 1.807) is 6.20 Å². The van der Waals surface area contributed by atoms with Gasteiger partial charge in [0.25, 0.3) is 0 Å². The molecule has 0 spiro atoms. The largest absolute Gasteiger partial charge is 0.441 e. The Bertz CT molecular complexity index is 499. The van der Waals surface area contributed by atoms with E-state index in [4.69, 9.17) is 14.2 Å². The Morgan fingerprint density at radius 2 is 2.23 bits per heavy atom. The van der Waals surface area contributed by atoms with Crippen LogP contribution in [0.4, 0.5) is 4.79 Å². The highest BCUT2D eigenvalue weighted by Crippen LogP contribution is 2.29. The van der Waals surface area contributed by atoms with Crippen molar-refractivity contribution < 1.29 is 19.0 Å². The van der Waals surface area contributed by atoms with Gasteiger partial charge in [0.05, 0.1) is 24.9 Å². The number of amides is 1. The van der Waals surface area contributed by atoms with Gasteiger partial charge in [0, 0.05) is 19.3 Å². The van der Waals surface area contributed by atoms with Crippen molar-refractivity contribution in [1.29, 1.82) is 0 Å². The molecule has 0 aromatic carbocycles. The molecule has 2 aliphatic rings. The lowest BCUT2D eigenvalue weighted by Gasteiger charge is -2.17. The molecule has 7 nitrogen and oxygen atoms in total. The fourth-order valence-electron chi connectivity index (χ4n) is 2.80. The average molecular weight is 307 g/mol. The van der Waals surface area contributed by atoms with E-state index in [2.05, 4.69) is 15.6 Å². The molecule has 2 N–H and O–H groups in total. The van der Waals surface area contributed by atoms with Gasteiger partial charge in [-0.1, -0.05) is 6.07 Å². The third kappa shape index (κ3) is 3.37. The number of alkyl carbamates (subject to hydrolysis) is 1. The minimum atomic E-state index is -0.426. The van der Waals surface area contributed by atoms with Gasteiger partial charge in [-0.3, -0.25) is 4.98 Å². The lowest BCUT2D eigenvalue weighted by atomic mass is 10.1. The summed E-state index contributed by atoms with van der Waals surface area (Å²) >= 11 is 0. The van der Waals surface area contributed by atoms with Crippen LogP contribution in [0.1, 0.15) is 12.6 Å². The number of hydrogen-bond acceptors (Lipinski definition) is 6. The first-order chi connectivity index (χ1) is 10.8. The summed E-state index contributed by atoms with van der Waals surface area (Å²) in [5.41, 5.74) is 0.971. The summed E-state index contributed by atoms with van der Waals surface area (Å²) in [4.78, 5) is 15.8. The van der Waals surface area contributed by atoms with Gasteiger partial charge >= 0.3 is 6.09 Å². The summed E-state index contributed by atoms with van der Waals surface area (Å²) in [6, 6.07) is 5.90. The number of fused-ring (bicyclic) bond motifs is 1. The minimum absolute atomic E-state index is 0.0786. The molecule has 120 valence electrons. The Morgan fingerprint density at radius 3 is 3.00 bits per heavy atom. The van der Waals surface area contributed by atoms with E-state index in [1.165, 1.54) is 0 Å². The summed E-state index contributed by atoms with van der Waals surface area (Å²) in [7, 11) is 0. The van der Waals surface area contributed by atoms with Gasteiger partial charge in [0.1, 0.15) is 12.2 Å². The van der Waals surface area contributed by atoms with Crippen molar-refractivity contribution in [2.75, 3.05) is 19.8 Å². The second kappa shape index (κ2) is 7.04. The van der Waals surface area contributed by atoms with Gasteiger partial charge in [-0.15, -0.1) is 0 Å². The Morgan fingerprint density at radius 1 is 1.36 bits per heavy atom. The van der Waals surface area contributed by atoms with Crippen LogP contribution in [-0.4, -0.2) is 55.2 Å². The Balaban J connectivity index is 1.50. The lowest BCUT2D eigenvalue weighted by Crippen LogP contribution is -2.41. The number of hydrogen-bond donors (Lipinski definition) is 2. The molecule has 7 heteroatoms. The Labute approximate surface area is 129 Å². The van der Waals surface area contributed by atoms with E-state index < -0.39 is 6.09 Å². The fourth-order valence-corrected chi connectivity index (χ4v) is 2.80. The predicted molar refractivity (Wildman–Crippen MR) is 78.3 cm³/mol. The molecule has 4 atom stereocenters. The molecule has 0 radical (unpaired) electrons. The van der Waals surface area contributed by atoms with Gasteiger partial charge in [0.2, 0.25) is 0 Å². The zero-order chi connectivity index (χ0) is 15.4. The molecule has 2 saturated heterocycles. The lowest BCUT2D eigenvalue weighted by molar-refractivity contribution is 0.00399. The summed E-state index contributed by atoms with van der Waals surface area (Å²) in [5.74, 6) is 0. The molecule has 1 aromatic rings. The number of rotatable bonds is 5. The number of aromatic nitrogens is 1. The molecule has 2 fully saturated rings. The maximum atomic E-state index is 11.5. The number of carbonyl (C=O) groups is 1. The molecule has 0 aliphatic carbocycles. The Kier molecular flexibility index (Phi) is 4.87. The van der Waals surface area contributed by atoms with Crippen molar-refractivity contribution in [3.05, 3.63) is 30.1 Å². The van der Waals surface area contributed by atoms with Gasteiger partial charge in [-0.25, -0.2) is 4.79 Å². The summed E-state index contributed by atoms with van der Waals surface area (Å²) in [6.07, 6.45) is 0.697. The van der Waals surface area contributed by atoms with Crippen LogP contribution in [0, 0.1) is 0 Å². The van der Waals surface area contributed by atoms with Crippen molar-refractivity contribution in [1.82, 2.24) is 15.6 Å². The SMILES string of the molecule is CCNC(=O)OC1COC2C(NCc3ccccn3)COC12. The van der Waals surface area contributed by atoms with Gasteiger partial charge < -0.3 is 24.8 Å². The van der Waals surface area contributed by atoms with Crippen LogP contribution in [0.3, 0.4) is 0 Å². The fraction of sp³-hybridized carbons (Fsp3) is 0.600. The van der Waals surface area contributed by atoms with Crippen LogP contribution in [0.5, 0.6) is 0 Å². The van der Waals surface area contributed by atoms with Crippen molar-refractivity contribution in [2.24, 2.45) is 0 Å². The Hall–Kier alpha value is -1.70. The van der Waals surface area contributed by atoms with Crippen molar-refractivity contribution in [2.45, 2.75) is 37.8 Å². The van der Waals surface area contributed by atoms with Crippen LogP contribution < -0.4 is 10.6 Å². The van der Waals surface area contributed by atoms with E-state index in [-0.39, 0.29) is 24.4 Å². The number of ether oxygens (including phenoxy) is 3. The van der Waals surface area contributed by atoms with Crippen LogP contribution in [-0.2, 0) is 20.8 Å². The van der Waals surface area contributed by atoms with Crippen LogP contribution in [0.25, 0.3) is 0 Å². The van der Waals surface area contributed by atoms with Crippen LogP contribution in [0.15, 0.2) is 24.4 Å². The second-order valence-corrected chi connectivity index (χ2v) is 5.38. The van der Waals surface area contributed by atoms with Gasteiger partial charge in [-0.2, -0.15) is 0 Å². The maximum absolute atomic E-state index is 11.5. The minimum Gasteiger partial charge on any atom is -0.441 e. The van der Waals surface area contributed by atoms with E-state index in [1.807, 2.05) is 25.1 Å². The zero-order valence-corrected chi connectivity index (χ0v) is 12.5. The quantitative estimate of drug-likeness (QED) is 0.822. The summed E-state index contributed by atoms with van der Waals surface area (Å²) in [5, 5.41) is 6.01. The molecule has 1 amide bonds. The molecule has 2 aliphatic heterocycles. The normalized spacial score (nSPS) is 30.0.